The average Bonchev–Trinajstić information content (AvgIpc) is 3.10. The molecule has 0 saturated heterocycles. The molecule has 1 N–H and O–H groups in total. The quantitative estimate of drug-likeness (QED) is 0.944. The summed E-state index contributed by atoms with van der Waals surface area (Å²) in [4.78, 5) is 0. The van der Waals surface area contributed by atoms with Gasteiger partial charge in [-0.1, -0.05) is 15.9 Å². The van der Waals surface area contributed by atoms with Gasteiger partial charge in [-0.25, -0.2) is 4.68 Å². The van der Waals surface area contributed by atoms with Crippen LogP contribution in [0, 0.1) is 0 Å². The molecular weight excluding hydrogens is 280 g/mol. The van der Waals surface area contributed by atoms with Crippen LogP contribution in [0.3, 0.4) is 0 Å². The van der Waals surface area contributed by atoms with Crippen LogP contribution in [-0.2, 0) is 6.61 Å². The molecular formula is C13H13BrN2O. The summed E-state index contributed by atoms with van der Waals surface area (Å²) in [5, 5.41) is 13.6. The Hall–Kier alpha value is -1.13. The van der Waals surface area contributed by atoms with Crippen molar-refractivity contribution in [3.63, 3.8) is 0 Å². The zero-order valence-electron chi connectivity index (χ0n) is 9.31. The first-order valence-corrected chi connectivity index (χ1v) is 6.53. The number of nitrogens with zero attached hydrogens (tertiary/aromatic N) is 2. The molecule has 0 unspecified atom stereocenters. The Morgan fingerprint density at radius 2 is 2.00 bits per heavy atom. The molecule has 1 heterocycles. The Bertz CT molecular complexity index is 529. The molecule has 0 spiro atoms. The fourth-order valence-corrected chi connectivity index (χ4v) is 2.25. The lowest BCUT2D eigenvalue weighted by Gasteiger charge is -2.06. The lowest BCUT2D eigenvalue weighted by molar-refractivity contribution is 0.276. The Morgan fingerprint density at radius 3 is 2.59 bits per heavy atom. The largest absolute Gasteiger partial charge is 0.390 e. The van der Waals surface area contributed by atoms with Gasteiger partial charge in [0.05, 0.1) is 18.0 Å². The number of hydrogen-bond acceptors (Lipinski definition) is 2. The van der Waals surface area contributed by atoms with Crippen LogP contribution < -0.4 is 0 Å². The number of rotatable bonds is 3. The van der Waals surface area contributed by atoms with Crippen molar-refractivity contribution in [3.05, 3.63) is 46.2 Å². The van der Waals surface area contributed by atoms with E-state index in [0.29, 0.717) is 5.92 Å². The summed E-state index contributed by atoms with van der Waals surface area (Å²) in [6.07, 6.45) is 2.46. The monoisotopic (exact) mass is 292 g/mol. The van der Waals surface area contributed by atoms with Crippen molar-refractivity contribution in [1.82, 2.24) is 9.78 Å². The summed E-state index contributed by atoms with van der Waals surface area (Å²) in [5.74, 6) is 0.617. The maximum Gasteiger partial charge on any atom is 0.0886 e. The van der Waals surface area contributed by atoms with Gasteiger partial charge in [0.2, 0.25) is 0 Å². The van der Waals surface area contributed by atoms with E-state index < -0.39 is 0 Å². The maximum absolute atomic E-state index is 9.19. The second kappa shape index (κ2) is 4.27. The second-order valence-corrected chi connectivity index (χ2v) is 5.30. The lowest BCUT2D eigenvalue weighted by atomic mass is 10.2. The highest BCUT2D eigenvalue weighted by Crippen LogP contribution is 2.41. The first-order chi connectivity index (χ1) is 8.28. The minimum Gasteiger partial charge on any atom is -0.390 e. The van der Waals surface area contributed by atoms with Gasteiger partial charge in [-0.15, -0.1) is 0 Å². The van der Waals surface area contributed by atoms with Crippen LogP contribution in [0.1, 0.15) is 30.1 Å². The average molecular weight is 293 g/mol. The van der Waals surface area contributed by atoms with Crippen molar-refractivity contribution in [2.24, 2.45) is 0 Å². The van der Waals surface area contributed by atoms with Gasteiger partial charge < -0.3 is 5.11 Å². The van der Waals surface area contributed by atoms with Crippen molar-refractivity contribution in [3.8, 4) is 5.69 Å². The number of benzene rings is 1. The van der Waals surface area contributed by atoms with Gasteiger partial charge in [-0.2, -0.15) is 5.10 Å². The number of halogens is 1. The van der Waals surface area contributed by atoms with E-state index in [4.69, 9.17) is 0 Å². The van der Waals surface area contributed by atoms with Crippen LogP contribution >= 0.6 is 15.9 Å². The van der Waals surface area contributed by atoms with E-state index in [2.05, 4.69) is 21.0 Å². The molecule has 0 atom stereocenters. The third kappa shape index (κ3) is 2.15. The smallest absolute Gasteiger partial charge is 0.0886 e. The van der Waals surface area contributed by atoms with E-state index in [9.17, 15) is 5.11 Å². The molecule has 1 saturated carbocycles. The van der Waals surface area contributed by atoms with Crippen LogP contribution in [0.4, 0.5) is 0 Å². The zero-order valence-corrected chi connectivity index (χ0v) is 10.9. The molecule has 3 nitrogen and oxygen atoms in total. The van der Waals surface area contributed by atoms with Gasteiger partial charge in [0.15, 0.2) is 0 Å². The highest BCUT2D eigenvalue weighted by atomic mass is 79.9. The second-order valence-electron chi connectivity index (χ2n) is 4.38. The molecule has 2 aromatic rings. The number of aliphatic hydroxyl groups is 1. The lowest BCUT2D eigenvalue weighted by Crippen LogP contribution is -2.01. The summed E-state index contributed by atoms with van der Waals surface area (Å²) in [5.41, 5.74) is 3.01. The minimum atomic E-state index is 0.00322. The van der Waals surface area contributed by atoms with Gasteiger partial charge in [-0.3, -0.25) is 0 Å². The highest BCUT2D eigenvalue weighted by Gasteiger charge is 2.28. The van der Waals surface area contributed by atoms with Gasteiger partial charge >= 0.3 is 0 Å². The molecule has 0 bridgehead atoms. The molecule has 0 amide bonds. The van der Waals surface area contributed by atoms with Gasteiger partial charge in [0, 0.05) is 16.1 Å². The van der Waals surface area contributed by atoms with Crippen molar-refractivity contribution in [2.75, 3.05) is 0 Å². The molecule has 1 aromatic carbocycles. The normalized spacial score (nSPS) is 15.2. The number of aliphatic hydroxyl groups excluding tert-OH is 1. The predicted molar refractivity (Wildman–Crippen MR) is 69.2 cm³/mol. The Morgan fingerprint density at radius 1 is 1.29 bits per heavy atom. The summed E-state index contributed by atoms with van der Waals surface area (Å²) >= 11 is 3.43. The molecule has 88 valence electrons. The van der Waals surface area contributed by atoms with Crippen molar-refractivity contribution < 1.29 is 5.11 Å². The van der Waals surface area contributed by atoms with E-state index in [-0.39, 0.29) is 6.61 Å². The van der Waals surface area contributed by atoms with E-state index in [1.807, 2.05) is 35.0 Å². The Labute approximate surface area is 108 Å². The van der Waals surface area contributed by atoms with Crippen LogP contribution in [0.5, 0.6) is 0 Å². The van der Waals surface area contributed by atoms with E-state index in [1.54, 1.807) is 0 Å². The molecule has 1 aliphatic carbocycles. The predicted octanol–water partition coefficient (Wildman–Crippen LogP) is 3.00. The molecule has 0 radical (unpaired) electrons. The van der Waals surface area contributed by atoms with Crippen molar-refractivity contribution in [2.45, 2.75) is 25.4 Å². The maximum atomic E-state index is 9.19. The van der Waals surface area contributed by atoms with Crippen molar-refractivity contribution >= 4 is 15.9 Å². The van der Waals surface area contributed by atoms with E-state index in [0.717, 1.165) is 15.9 Å². The van der Waals surface area contributed by atoms with E-state index >= 15 is 0 Å². The van der Waals surface area contributed by atoms with Crippen LogP contribution in [0.2, 0.25) is 0 Å². The molecule has 4 heteroatoms. The highest BCUT2D eigenvalue weighted by molar-refractivity contribution is 9.10. The van der Waals surface area contributed by atoms with Crippen LogP contribution in [0.15, 0.2) is 34.8 Å². The SMILES string of the molecule is OCc1cc(C2CC2)n(-c2ccc(Br)cc2)n1. The van der Waals surface area contributed by atoms with Crippen LogP contribution in [-0.4, -0.2) is 14.9 Å². The molecule has 1 aromatic heterocycles. The van der Waals surface area contributed by atoms with E-state index in [1.165, 1.54) is 18.5 Å². The third-order valence-electron chi connectivity index (χ3n) is 3.02. The van der Waals surface area contributed by atoms with Gasteiger partial charge in [0.1, 0.15) is 0 Å². The van der Waals surface area contributed by atoms with Crippen LogP contribution in [0.25, 0.3) is 5.69 Å². The Balaban J connectivity index is 2.05. The van der Waals surface area contributed by atoms with Gasteiger partial charge in [0.25, 0.3) is 0 Å². The van der Waals surface area contributed by atoms with Crippen molar-refractivity contribution in [1.29, 1.82) is 0 Å². The first-order valence-electron chi connectivity index (χ1n) is 5.73. The summed E-state index contributed by atoms with van der Waals surface area (Å²) in [6, 6.07) is 10.1. The Kier molecular flexibility index (Phi) is 2.76. The number of aromatic nitrogens is 2. The molecule has 3 rings (SSSR count). The fourth-order valence-electron chi connectivity index (χ4n) is 1.98. The number of hydrogen-bond donors (Lipinski definition) is 1. The molecule has 1 aliphatic rings. The molecule has 1 fully saturated rings. The minimum absolute atomic E-state index is 0.00322. The molecule has 17 heavy (non-hydrogen) atoms. The summed E-state index contributed by atoms with van der Waals surface area (Å²) < 4.78 is 3.01. The first kappa shape index (κ1) is 11.0. The zero-order chi connectivity index (χ0) is 11.8. The fraction of sp³-hybridized carbons (Fsp3) is 0.308. The van der Waals surface area contributed by atoms with Gasteiger partial charge in [-0.05, 0) is 43.2 Å². The topological polar surface area (TPSA) is 38.0 Å². The summed E-state index contributed by atoms with van der Waals surface area (Å²) in [6.45, 7) is 0.00322. The summed E-state index contributed by atoms with van der Waals surface area (Å²) in [7, 11) is 0. The standard InChI is InChI=1S/C13H13BrN2O/c14-10-3-5-12(6-4-10)16-13(9-1-2-9)7-11(8-17)15-16/h3-7,9,17H,1-2,8H2. The third-order valence-corrected chi connectivity index (χ3v) is 3.54. The molecule has 0 aliphatic heterocycles.